The van der Waals surface area contributed by atoms with Crippen molar-refractivity contribution in [3.63, 3.8) is 0 Å². The summed E-state index contributed by atoms with van der Waals surface area (Å²) >= 11 is 15.2. The second-order valence-corrected chi connectivity index (χ2v) is 8.33. The van der Waals surface area contributed by atoms with Crippen molar-refractivity contribution in [1.82, 2.24) is 10.9 Å². The van der Waals surface area contributed by atoms with E-state index in [1.54, 1.807) is 30.3 Å². The van der Waals surface area contributed by atoms with Crippen LogP contribution in [0, 0.1) is 5.92 Å². The smallest absolute Gasteiger partial charge is 0.279 e. The highest BCUT2D eigenvalue weighted by atomic mass is 79.9. The number of hydrazine groups is 1. The molecule has 2 aromatic carbocycles. The normalized spacial score (nSPS) is 11.7. The zero-order chi connectivity index (χ0) is 21.6. The minimum absolute atomic E-state index is 0.283. The van der Waals surface area contributed by atoms with Crippen LogP contribution in [-0.2, 0) is 4.79 Å². The van der Waals surface area contributed by atoms with Gasteiger partial charge in [-0.3, -0.25) is 20.4 Å². The molecule has 0 aliphatic carbocycles. The molecule has 29 heavy (non-hydrogen) atoms. The number of benzene rings is 2. The van der Waals surface area contributed by atoms with Crippen molar-refractivity contribution >= 4 is 50.9 Å². The summed E-state index contributed by atoms with van der Waals surface area (Å²) in [5.74, 6) is 0.311. The van der Waals surface area contributed by atoms with E-state index in [-0.39, 0.29) is 5.02 Å². The number of rotatable bonds is 7. The van der Waals surface area contributed by atoms with Gasteiger partial charge in [0, 0.05) is 10.6 Å². The summed E-state index contributed by atoms with van der Waals surface area (Å²) in [6, 6.07) is 9.59. The van der Waals surface area contributed by atoms with Crippen molar-refractivity contribution < 1.29 is 19.1 Å². The minimum atomic E-state index is -0.896. The van der Waals surface area contributed by atoms with Crippen LogP contribution in [0.15, 0.2) is 40.9 Å². The number of carbonyl (C=O) groups is 2. The van der Waals surface area contributed by atoms with E-state index < -0.39 is 17.9 Å². The highest BCUT2D eigenvalue weighted by Crippen LogP contribution is 2.28. The lowest BCUT2D eigenvalue weighted by atomic mass is 10.2. The summed E-state index contributed by atoms with van der Waals surface area (Å²) in [4.78, 5) is 24.5. The van der Waals surface area contributed by atoms with Crippen LogP contribution in [0.3, 0.4) is 0 Å². The largest absolute Gasteiger partial charge is 0.492 e. The molecular formula is C20H21BrCl2N2O4. The number of ether oxygens (including phenoxy) is 2. The quantitative estimate of drug-likeness (QED) is 0.520. The van der Waals surface area contributed by atoms with Gasteiger partial charge in [0.05, 0.1) is 16.1 Å². The number of hydrogen-bond acceptors (Lipinski definition) is 4. The average molecular weight is 504 g/mol. The van der Waals surface area contributed by atoms with Crippen molar-refractivity contribution in [3.05, 3.63) is 56.5 Å². The number of carbonyl (C=O) groups excluding carboxylic acids is 2. The standard InChI is InChI=1S/C20H21BrCl2N2O4/c1-11(2)10-28-17-6-4-13(8-15(17)21)20(27)25-24-19(26)12(3)29-18-7-5-14(22)9-16(18)23/h4-9,11-12H,10H2,1-3H3,(H,24,26)(H,25,27). The molecule has 9 heteroatoms. The molecule has 6 nitrogen and oxygen atoms in total. The van der Waals surface area contributed by atoms with E-state index in [0.717, 1.165) is 0 Å². The average Bonchev–Trinajstić information content (AvgIpc) is 2.66. The summed E-state index contributed by atoms with van der Waals surface area (Å²) in [7, 11) is 0. The third-order valence-corrected chi connectivity index (χ3v) is 4.78. The predicted octanol–water partition coefficient (Wildman–Crippen LogP) is 5.02. The van der Waals surface area contributed by atoms with Crippen LogP contribution in [0.1, 0.15) is 31.1 Å². The lowest BCUT2D eigenvalue weighted by Crippen LogP contribution is -2.47. The van der Waals surface area contributed by atoms with Gasteiger partial charge in [0.15, 0.2) is 6.10 Å². The van der Waals surface area contributed by atoms with E-state index in [1.807, 2.05) is 13.8 Å². The number of hydrogen-bond donors (Lipinski definition) is 2. The molecule has 2 N–H and O–H groups in total. The monoisotopic (exact) mass is 502 g/mol. The highest BCUT2D eigenvalue weighted by molar-refractivity contribution is 9.10. The molecule has 1 atom stereocenters. The fourth-order valence-electron chi connectivity index (χ4n) is 2.12. The zero-order valence-electron chi connectivity index (χ0n) is 16.1. The van der Waals surface area contributed by atoms with Gasteiger partial charge in [-0.05, 0) is 65.2 Å². The van der Waals surface area contributed by atoms with Crippen molar-refractivity contribution in [1.29, 1.82) is 0 Å². The molecule has 2 rings (SSSR count). The van der Waals surface area contributed by atoms with Gasteiger partial charge in [-0.2, -0.15) is 0 Å². The summed E-state index contributed by atoms with van der Waals surface area (Å²) in [5.41, 5.74) is 5.03. The van der Waals surface area contributed by atoms with E-state index in [0.29, 0.717) is 39.1 Å². The molecule has 0 aliphatic rings. The van der Waals surface area contributed by atoms with Crippen molar-refractivity contribution in [2.24, 2.45) is 5.92 Å². The summed E-state index contributed by atoms with van der Waals surface area (Å²) in [6.07, 6.45) is -0.896. The summed E-state index contributed by atoms with van der Waals surface area (Å²) in [6.45, 7) is 6.19. The molecule has 156 valence electrons. The Labute approximate surface area is 188 Å². The Morgan fingerprint density at radius 3 is 2.34 bits per heavy atom. The second-order valence-electron chi connectivity index (χ2n) is 6.63. The summed E-state index contributed by atoms with van der Waals surface area (Å²) in [5, 5.41) is 0.740. The third-order valence-electron chi connectivity index (χ3n) is 3.63. The first kappa shape index (κ1) is 23.3. The first-order valence-corrected chi connectivity index (χ1v) is 10.4. The van der Waals surface area contributed by atoms with Crippen LogP contribution in [0.4, 0.5) is 0 Å². The Bertz CT molecular complexity index is 893. The topological polar surface area (TPSA) is 76.7 Å². The third kappa shape index (κ3) is 7.10. The second kappa shape index (κ2) is 10.7. The SMILES string of the molecule is CC(C)COc1ccc(C(=O)NNC(=O)C(C)Oc2ccc(Cl)cc2Cl)cc1Br. The summed E-state index contributed by atoms with van der Waals surface area (Å²) < 4.78 is 11.8. The van der Waals surface area contributed by atoms with Crippen molar-refractivity contribution in [3.8, 4) is 11.5 Å². The van der Waals surface area contributed by atoms with Gasteiger partial charge in [-0.25, -0.2) is 0 Å². The van der Waals surface area contributed by atoms with Crippen molar-refractivity contribution in [2.75, 3.05) is 6.61 Å². The van der Waals surface area contributed by atoms with Crippen LogP contribution in [-0.4, -0.2) is 24.5 Å². The highest BCUT2D eigenvalue weighted by Gasteiger charge is 2.18. The maximum atomic E-state index is 12.3. The molecule has 0 radical (unpaired) electrons. The molecule has 0 saturated carbocycles. The van der Waals surface area contributed by atoms with Crippen LogP contribution in [0.5, 0.6) is 11.5 Å². The molecule has 2 amide bonds. The molecule has 1 unspecified atom stereocenters. The molecule has 0 bridgehead atoms. The lowest BCUT2D eigenvalue weighted by Gasteiger charge is -2.16. The molecule has 0 fully saturated rings. The molecular weight excluding hydrogens is 483 g/mol. The zero-order valence-corrected chi connectivity index (χ0v) is 19.2. The van der Waals surface area contributed by atoms with Gasteiger partial charge in [-0.15, -0.1) is 0 Å². The van der Waals surface area contributed by atoms with E-state index in [4.69, 9.17) is 32.7 Å². The van der Waals surface area contributed by atoms with E-state index in [1.165, 1.54) is 13.0 Å². The van der Waals surface area contributed by atoms with Crippen LogP contribution < -0.4 is 20.3 Å². The van der Waals surface area contributed by atoms with Gasteiger partial charge >= 0.3 is 0 Å². The van der Waals surface area contributed by atoms with E-state index in [2.05, 4.69) is 26.8 Å². The maximum Gasteiger partial charge on any atom is 0.279 e. The lowest BCUT2D eigenvalue weighted by molar-refractivity contribution is -0.128. The predicted molar refractivity (Wildman–Crippen MR) is 117 cm³/mol. The Hall–Kier alpha value is -1.96. The first-order chi connectivity index (χ1) is 13.7. The van der Waals surface area contributed by atoms with Gasteiger partial charge in [-0.1, -0.05) is 37.0 Å². The fourth-order valence-corrected chi connectivity index (χ4v) is 3.07. The minimum Gasteiger partial charge on any atom is -0.492 e. The van der Waals surface area contributed by atoms with E-state index in [9.17, 15) is 9.59 Å². The Morgan fingerprint density at radius 1 is 1.03 bits per heavy atom. The van der Waals surface area contributed by atoms with Crippen molar-refractivity contribution in [2.45, 2.75) is 26.9 Å². The van der Waals surface area contributed by atoms with Crippen LogP contribution in [0.2, 0.25) is 10.0 Å². The van der Waals surface area contributed by atoms with Gasteiger partial charge in [0.1, 0.15) is 11.5 Å². The molecule has 0 aromatic heterocycles. The van der Waals surface area contributed by atoms with Gasteiger partial charge < -0.3 is 9.47 Å². The molecule has 0 heterocycles. The van der Waals surface area contributed by atoms with Gasteiger partial charge in [0.25, 0.3) is 11.8 Å². The van der Waals surface area contributed by atoms with E-state index >= 15 is 0 Å². The molecule has 0 aliphatic heterocycles. The fraction of sp³-hybridized carbons (Fsp3) is 0.300. The molecule has 0 saturated heterocycles. The number of nitrogens with one attached hydrogen (secondary N) is 2. The Morgan fingerprint density at radius 2 is 1.72 bits per heavy atom. The van der Waals surface area contributed by atoms with Gasteiger partial charge in [0.2, 0.25) is 0 Å². The first-order valence-electron chi connectivity index (χ1n) is 8.81. The molecule has 0 spiro atoms. The molecule has 2 aromatic rings. The maximum absolute atomic E-state index is 12.3. The van der Waals surface area contributed by atoms with Crippen LogP contribution in [0.25, 0.3) is 0 Å². The Kier molecular flexibility index (Phi) is 8.61. The van der Waals surface area contributed by atoms with Crippen LogP contribution >= 0.6 is 39.1 Å². The number of amides is 2. The number of halogens is 3. The Balaban J connectivity index is 1.90.